The molecule has 0 unspecified atom stereocenters. The number of amides is 2. The molecule has 0 saturated carbocycles. The summed E-state index contributed by atoms with van der Waals surface area (Å²) in [6.07, 6.45) is 3.98. The van der Waals surface area contributed by atoms with Crippen LogP contribution >= 0.6 is 13.5 Å². The highest BCUT2D eigenvalue weighted by Crippen LogP contribution is 2.48. The van der Waals surface area contributed by atoms with Gasteiger partial charge in [-0.15, -0.1) is 0 Å². The van der Waals surface area contributed by atoms with Crippen LogP contribution in [0.5, 0.6) is 0 Å². The number of nitrogens with zero attached hydrogens (tertiary/aromatic N) is 3. The van der Waals surface area contributed by atoms with Crippen LogP contribution in [0.25, 0.3) is 0 Å². The van der Waals surface area contributed by atoms with Gasteiger partial charge in [0.05, 0.1) is 11.5 Å². The second-order valence-corrected chi connectivity index (χ2v) is 12.7. The van der Waals surface area contributed by atoms with Crippen molar-refractivity contribution in [2.24, 2.45) is 0 Å². The van der Waals surface area contributed by atoms with Crippen LogP contribution in [0.15, 0.2) is 91.5 Å². The van der Waals surface area contributed by atoms with E-state index >= 15 is 0 Å². The van der Waals surface area contributed by atoms with E-state index in [1.54, 1.807) is 6.08 Å². The van der Waals surface area contributed by atoms with Crippen LogP contribution in [0, 0.1) is 0 Å². The van der Waals surface area contributed by atoms with E-state index in [0.717, 1.165) is 48.6 Å². The predicted molar refractivity (Wildman–Crippen MR) is 190 cm³/mol. The number of esters is 1. The molecule has 1 aliphatic carbocycles. The van der Waals surface area contributed by atoms with Gasteiger partial charge in [0.1, 0.15) is 12.0 Å². The van der Waals surface area contributed by atoms with Crippen molar-refractivity contribution in [2.75, 3.05) is 57.8 Å². The molecule has 0 radical (unpaired) electrons. The molecule has 2 fully saturated rings. The van der Waals surface area contributed by atoms with Crippen LogP contribution in [0.3, 0.4) is 0 Å². The van der Waals surface area contributed by atoms with Gasteiger partial charge in [0.25, 0.3) is 5.91 Å². The molecule has 248 valence electrons. The van der Waals surface area contributed by atoms with Crippen LogP contribution in [0.1, 0.15) is 58.6 Å². The predicted octanol–water partition coefficient (Wildman–Crippen LogP) is 4.86. The number of para-hydroxylation sites is 1. The number of nitrogens with one attached hydrogen (secondary N) is 1. The molecule has 47 heavy (non-hydrogen) atoms. The van der Waals surface area contributed by atoms with Crippen molar-refractivity contribution in [1.82, 2.24) is 15.1 Å². The molecule has 1 N–H and O–H groups in total. The lowest BCUT2D eigenvalue weighted by atomic mass is 9.63. The summed E-state index contributed by atoms with van der Waals surface area (Å²) in [7, 11) is 2.12. The molecule has 2 amide bonds. The number of fused-ring (bicyclic) bond motifs is 1. The van der Waals surface area contributed by atoms with Gasteiger partial charge >= 0.3 is 5.97 Å². The van der Waals surface area contributed by atoms with Crippen LogP contribution in [0.4, 0.5) is 5.69 Å². The maximum atomic E-state index is 14.1. The zero-order chi connectivity index (χ0) is 32.1. The van der Waals surface area contributed by atoms with E-state index in [0.29, 0.717) is 44.3 Å². The molecule has 2 saturated heterocycles. The van der Waals surface area contributed by atoms with Gasteiger partial charge in [0, 0.05) is 51.0 Å². The quantitative estimate of drug-likeness (QED) is 0.276. The monoisotopic (exact) mass is 654 g/mol. The normalized spacial score (nSPS) is 21.6. The van der Waals surface area contributed by atoms with Crippen molar-refractivity contribution < 1.29 is 19.1 Å². The Labute approximate surface area is 285 Å². The van der Waals surface area contributed by atoms with E-state index < -0.39 is 5.41 Å². The lowest BCUT2D eigenvalue weighted by Gasteiger charge is -2.42. The summed E-state index contributed by atoms with van der Waals surface area (Å²) >= 11 is 0. The minimum atomic E-state index is -0.991. The number of likely N-dealkylation sites (N-methyl/N-ethyl adjacent to an activating group) is 1. The van der Waals surface area contributed by atoms with Crippen LogP contribution in [-0.2, 0) is 19.7 Å². The molecule has 3 aromatic rings. The Bertz CT molecular complexity index is 1570. The number of likely N-dealkylation sites (tertiary alicyclic amines) is 1. The van der Waals surface area contributed by atoms with E-state index in [4.69, 9.17) is 4.74 Å². The molecule has 0 aromatic heterocycles. The third-order valence-corrected chi connectivity index (χ3v) is 9.98. The lowest BCUT2D eigenvalue weighted by molar-refractivity contribution is -0.149. The zero-order valence-electron chi connectivity index (χ0n) is 27.2. The minimum Gasteiger partial charge on any atom is -0.461 e. The highest BCUT2D eigenvalue weighted by Gasteiger charge is 2.50. The number of hydrogen-bond donors (Lipinski definition) is 1. The highest BCUT2D eigenvalue weighted by molar-refractivity contribution is 7.59. The molecule has 6 rings (SSSR count). The molecule has 2 heterocycles. The average molecular weight is 655 g/mol. The van der Waals surface area contributed by atoms with Gasteiger partial charge in [0.15, 0.2) is 0 Å². The number of ether oxygens (including phenoxy) is 1. The topological polar surface area (TPSA) is 82.2 Å². The number of carbonyl (C=O) groups is 3. The van der Waals surface area contributed by atoms with Crippen molar-refractivity contribution in [3.63, 3.8) is 0 Å². The Morgan fingerprint density at radius 1 is 0.872 bits per heavy atom. The summed E-state index contributed by atoms with van der Waals surface area (Å²) in [6, 6.07) is 25.4. The maximum Gasteiger partial charge on any atom is 0.321 e. The van der Waals surface area contributed by atoms with Crippen LogP contribution < -0.4 is 10.2 Å². The van der Waals surface area contributed by atoms with E-state index in [9.17, 15) is 14.4 Å². The fourth-order valence-electron chi connectivity index (χ4n) is 7.42. The van der Waals surface area contributed by atoms with Gasteiger partial charge in [-0.2, -0.15) is 13.5 Å². The van der Waals surface area contributed by atoms with Gasteiger partial charge in [-0.1, -0.05) is 79.4 Å². The summed E-state index contributed by atoms with van der Waals surface area (Å²) in [4.78, 5) is 47.9. The first-order valence-electron chi connectivity index (χ1n) is 16.5. The Balaban J connectivity index is 0.00000433. The van der Waals surface area contributed by atoms with E-state index in [1.165, 1.54) is 0 Å². The standard InChI is InChI=1S/C38H44N4O4.H2S/c1-3-27-46-37(45)38(28-11-5-4-6-12-28)20-17-31(30-13-7-9-15-33(30)38)36(44)42-21-18-29(19-22-42)39-35(43)32-14-8-10-16-34(32)41-25-23-40(2)24-26-41;/h3-16,29,31H,1,17-27H2,2H3,(H,39,43);1H2/t31-,38+;/m0./s1. The van der Waals surface area contributed by atoms with E-state index in [-0.39, 0.29) is 49.8 Å². The summed E-state index contributed by atoms with van der Waals surface area (Å²) in [5.41, 5.74) is 3.29. The van der Waals surface area contributed by atoms with Crippen molar-refractivity contribution >= 4 is 37.0 Å². The molecule has 3 aromatic carbocycles. The third-order valence-electron chi connectivity index (χ3n) is 9.98. The molecular weight excluding hydrogens is 609 g/mol. The molecule has 3 aliphatic rings. The van der Waals surface area contributed by atoms with Gasteiger partial charge < -0.3 is 24.8 Å². The number of piperazine rings is 1. The van der Waals surface area contributed by atoms with Crippen molar-refractivity contribution in [3.05, 3.63) is 114 Å². The molecule has 8 nitrogen and oxygen atoms in total. The Morgan fingerprint density at radius 3 is 2.26 bits per heavy atom. The smallest absolute Gasteiger partial charge is 0.321 e. The lowest BCUT2D eigenvalue weighted by Crippen LogP contribution is -2.49. The van der Waals surface area contributed by atoms with Gasteiger partial charge in [-0.3, -0.25) is 14.4 Å². The summed E-state index contributed by atoms with van der Waals surface area (Å²) in [6.45, 7) is 8.74. The molecule has 2 aliphatic heterocycles. The second-order valence-electron chi connectivity index (χ2n) is 12.7. The van der Waals surface area contributed by atoms with Crippen LogP contribution in [0.2, 0.25) is 0 Å². The van der Waals surface area contributed by atoms with Crippen molar-refractivity contribution in [2.45, 2.75) is 43.1 Å². The Kier molecular flexibility index (Phi) is 11.1. The number of piperidine rings is 1. The first kappa shape index (κ1) is 34.3. The molecule has 2 atom stereocenters. The summed E-state index contributed by atoms with van der Waals surface area (Å²) in [5, 5.41) is 3.26. The van der Waals surface area contributed by atoms with Crippen molar-refractivity contribution in [3.8, 4) is 0 Å². The molecular formula is C38H46N4O4S. The van der Waals surface area contributed by atoms with E-state index in [1.807, 2.05) is 83.8 Å². The fraction of sp³-hybridized carbons (Fsp3) is 0.395. The summed E-state index contributed by atoms with van der Waals surface area (Å²) < 4.78 is 5.69. The number of rotatable bonds is 8. The Morgan fingerprint density at radius 2 is 1.53 bits per heavy atom. The molecule has 0 bridgehead atoms. The number of hydrogen-bond acceptors (Lipinski definition) is 6. The third kappa shape index (κ3) is 6.97. The fourth-order valence-corrected chi connectivity index (χ4v) is 7.42. The number of carbonyl (C=O) groups excluding carboxylic acids is 3. The van der Waals surface area contributed by atoms with Gasteiger partial charge in [0.2, 0.25) is 5.91 Å². The first-order valence-corrected chi connectivity index (χ1v) is 16.5. The Hall–Kier alpha value is -4.08. The highest BCUT2D eigenvalue weighted by atomic mass is 32.1. The van der Waals surface area contributed by atoms with Crippen molar-refractivity contribution in [1.29, 1.82) is 0 Å². The van der Waals surface area contributed by atoms with Crippen LogP contribution in [-0.4, -0.2) is 86.5 Å². The van der Waals surface area contributed by atoms with E-state index in [2.05, 4.69) is 28.7 Å². The SMILES string of the molecule is C=CCOC(=O)[C@@]1(c2ccccc2)CC[C@H](C(=O)N2CCC(NC(=O)c3ccccc3N3CCN(C)CC3)CC2)c2ccccc21.S. The van der Waals surface area contributed by atoms with Gasteiger partial charge in [-0.05, 0) is 61.6 Å². The molecule has 9 heteroatoms. The summed E-state index contributed by atoms with van der Waals surface area (Å²) in [5.74, 6) is -0.635. The zero-order valence-corrected chi connectivity index (χ0v) is 28.2. The maximum absolute atomic E-state index is 14.1. The first-order chi connectivity index (χ1) is 22.4. The molecule has 0 spiro atoms. The minimum absolute atomic E-state index is 0. The number of anilines is 1. The van der Waals surface area contributed by atoms with Gasteiger partial charge in [-0.25, -0.2) is 0 Å². The average Bonchev–Trinajstić information content (AvgIpc) is 3.11. The number of benzene rings is 3. The largest absolute Gasteiger partial charge is 0.461 e. The second kappa shape index (κ2) is 15.2.